The van der Waals surface area contributed by atoms with Crippen LogP contribution in [0, 0.1) is 5.92 Å². The van der Waals surface area contributed by atoms with Gasteiger partial charge in [0.15, 0.2) is 0 Å². The Bertz CT molecular complexity index is 502. The predicted molar refractivity (Wildman–Crippen MR) is 83.7 cm³/mol. The Labute approximate surface area is 127 Å². The van der Waals surface area contributed by atoms with Gasteiger partial charge in [-0.25, -0.2) is 4.98 Å². The summed E-state index contributed by atoms with van der Waals surface area (Å²) in [7, 11) is 0. The number of nitrogens with zero attached hydrogens (tertiary/aromatic N) is 3. The van der Waals surface area contributed by atoms with Crippen molar-refractivity contribution in [3.05, 3.63) is 29.9 Å². The summed E-state index contributed by atoms with van der Waals surface area (Å²) in [6.07, 6.45) is 6.70. The zero-order valence-electron chi connectivity index (χ0n) is 13.3. The van der Waals surface area contributed by atoms with Crippen LogP contribution in [0.2, 0.25) is 0 Å². The first-order chi connectivity index (χ1) is 10.1. The monoisotopic (exact) mass is 290 g/mol. The summed E-state index contributed by atoms with van der Waals surface area (Å²) in [5, 5.41) is 3.00. The van der Waals surface area contributed by atoms with Gasteiger partial charge >= 0.3 is 0 Å². The van der Waals surface area contributed by atoms with Gasteiger partial charge in [0.25, 0.3) is 0 Å². The largest absolute Gasteiger partial charge is 0.352 e. The molecular formula is C16H26N4O. The minimum absolute atomic E-state index is 0.0231. The number of likely N-dealkylation sites (tertiary alicyclic amines) is 1. The Morgan fingerprint density at radius 3 is 3.05 bits per heavy atom. The van der Waals surface area contributed by atoms with Gasteiger partial charge in [0, 0.05) is 38.1 Å². The van der Waals surface area contributed by atoms with Crippen molar-refractivity contribution in [2.75, 3.05) is 19.6 Å². The fraction of sp³-hybridized carbons (Fsp3) is 0.625. The van der Waals surface area contributed by atoms with Crippen molar-refractivity contribution in [3.8, 4) is 0 Å². The molecule has 0 saturated carbocycles. The van der Waals surface area contributed by atoms with Gasteiger partial charge in [0.2, 0.25) is 5.91 Å². The molecule has 1 aliphatic rings. The van der Waals surface area contributed by atoms with E-state index < -0.39 is 0 Å². The Morgan fingerprint density at radius 2 is 2.33 bits per heavy atom. The van der Waals surface area contributed by atoms with Crippen LogP contribution < -0.4 is 5.32 Å². The maximum atomic E-state index is 11.6. The molecule has 116 valence electrons. The second kappa shape index (κ2) is 7.41. The third kappa shape index (κ3) is 4.70. The van der Waals surface area contributed by atoms with Gasteiger partial charge < -0.3 is 9.88 Å². The lowest BCUT2D eigenvalue weighted by molar-refractivity contribution is -0.116. The van der Waals surface area contributed by atoms with E-state index >= 15 is 0 Å². The molecule has 2 rings (SSSR count). The van der Waals surface area contributed by atoms with Gasteiger partial charge in [-0.05, 0) is 39.7 Å². The van der Waals surface area contributed by atoms with Crippen LogP contribution in [0.15, 0.2) is 24.0 Å². The van der Waals surface area contributed by atoms with Crippen LogP contribution in [-0.2, 0) is 17.9 Å². The molecule has 0 radical (unpaired) electrons. The average molecular weight is 290 g/mol. The summed E-state index contributed by atoms with van der Waals surface area (Å²) in [6.45, 7) is 10.8. The first-order valence-electron chi connectivity index (χ1n) is 7.73. The molecule has 0 aromatic carbocycles. The summed E-state index contributed by atoms with van der Waals surface area (Å²) < 4.78 is 2.18. The van der Waals surface area contributed by atoms with Crippen LogP contribution in [0.1, 0.15) is 33.0 Å². The molecule has 1 atom stereocenters. The van der Waals surface area contributed by atoms with E-state index in [-0.39, 0.29) is 5.91 Å². The molecule has 2 heterocycles. The predicted octanol–water partition coefficient (Wildman–Crippen LogP) is 1.81. The van der Waals surface area contributed by atoms with Crippen molar-refractivity contribution in [3.63, 3.8) is 0 Å². The first kappa shape index (κ1) is 15.8. The van der Waals surface area contributed by atoms with Gasteiger partial charge in [-0.2, -0.15) is 0 Å². The number of aromatic nitrogens is 2. The van der Waals surface area contributed by atoms with Crippen LogP contribution in [0.25, 0.3) is 0 Å². The summed E-state index contributed by atoms with van der Waals surface area (Å²) in [4.78, 5) is 18.5. The normalized spacial score (nSPS) is 18.7. The van der Waals surface area contributed by atoms with Crippen LogP contribution in [0.4, 0.5) is 0 Å². The van der Waals surface area contributed by atoms with Crippen molar-refractivity contribution in [1.29, 1.82) is 0 Å². The number of hydrogen-bond acceptors (Lipinski definition) is 3. The van der Waals surface area contributed by atoms with E-state index in [0.29, 0.717) is 5.92 Å². The molecule has 1 aliphatic heterocycles. The molecule has 1 N–H and O–H groups in total. The molecule has 1 amide bonds. The quantitative estimate of drug-likeness (QED) is 0.813. The maximum absolute atomic E-state index is 11.6. The van der Waals surface area contributed by atoms with E-state index in [1.165, 1.54) is 0 Å². The van der Waals surface area contributed by atoms with E-state index in [4.69, 9.17) is 0 Å². The lowest BCUT2D eigenvalue weighted by Gasteiger charge is -2.16. The van der Waals surface area contributed by atoms with E-state index in [2.05, 4.69) is 26.7 Å². The van der Waals surface area contributed by atoms with Gasteiger partial charge in [0.05, 0.1) is 6.54 Å². The van der Waals surface area contributed by atoms with Gasteiger partial charge in [0.1, 0.15) is 5.82 Å². The Kier molecular flexibility index (Phi) is 5.56. The number of rotatable bonds is 6. The fourth-order valence-corrected chi connectivity index (χ4v) is 2.76. The van der Waals surface area contributed by atoms with Crippen LogP contribution in [-0.4, -0.2) is 40.0 Å². The highest BCUT2D eigenvalue weighted by Gasteiger charge is 2.23. The molecule has 1 saturated heterocycles. The highest BCUT2D eigenvalue weighted by Crippen LogP contribution is 2.17. The number of carbonyl (C=O) groups is 1. The van der Waals surface area contributed by atoms with Crippen LogP contribution >= 0.6 is 0 Å². The molecule has 1 aromatic rings. The molecule has 0 spiro atoms. The molecule has 0 aliphatic carbocycles. The van der Waals surface area contributed by atoms with E-state index in [1.54, 1.807) is 6.08 Å². The number of carbonyl (C=O) groups excluding carboxylic acids is 1. The second-order valence-electron chi connectivity index (χ2n) is 5.99. The molecule has 21 heavy (non-hydrogen) atoms. The Morgan fingerprint density at radius 1 is 1.52 bits per heavy atom. The number of amides is 1. The molecule has 5 heteroatoms. The van der Waals surface area contributed by atoms with Crippen molar-refractivity contribution >= 4 is 5.91 Å². The first-order valence-corrected chi connectivity index (χ1v) is 7.73. The second-order valence-corrected chi connectivity index (χ2v) is 5.99. The van der Waals surface area contributed by atoms with Gasteiger partial charge in [-0.3, -0.25) is 9.69 Å². The third-order valence-electron chi connectivity index (χ3n) is 3.86. The standard InChI is InChI=1S/C16H26N4O/c1-4-20-8-6-17-15(20)12-19-7-5-14(11-19)10-18-16(21)9-13(2)3/h6,8-9,14H,4-5,7,10-12H2,1-3H3,(H,18,21). The molecule has 0 bridgehead atoms. The van der Waals surface area contributed by atoms with E-state index in [0.717, 1.165) is 50.5 Å². The molecule has 1 unspecified atom stereocenters. The van der Waals surface area contributed by atoms with Crippen molar-refractivity contribution in [1.82, 2.24) is 19.8 Å². The van der Waals surface area contributed by atoms with Gasteiger partial charge in [-0.15, -0.1) is 0 Å². The third-order valence-corrected chi connectivity index (χ3v) is 3.86. The summed E-state index contributed by atoms with van der Waals surface area (Å²) in [6, 6.07) is 0. The molecule has 1 fully saturated rings. The fourth-order valence-electron chi connectivity index (χ4n) is 2.76. The maximum Gasteiger partial charge on any atom is 0.243 e. The smallest absolute Gasteiger partial charge is 0.243 e. The minimum Gasteiger partial charge on any atom is -0.352 e. The van der Waals surface area contributed by atoms with Crippen molar-refractivity contribution in [2.45, 2.75) is 40.3 Å². The summed E-state index contributed by atoms with van der Waals surface area (Å²) in [5.74, 6) is 1.70. The number of nitrogens with one attached hydrogen (secondary N) is 1. The topological polar surface area (TPSA) is 50.2 Å². The van der Waals surface area contributed by atoms with Crippen LogP contribution in [0.3, 0.4) is 0 Å². The number of imidazole rings is 1. The zero-order valence-corrected chi connectivity index (χ0v) is 13.3. The zero-order chi connectivity index (χ0) is 15.2. The Hall–Kier alpha value is -1.62. The number of hydrogen-bond donors (Lipinski definition) is 1. The minimum atomic E-state index is 0.0231. The summed E-state index contributed by atoms with van der Waals surface area (Å²) in [5.41, 5.74) is 1.03. The lowest BCUT2D eigenvalue weighted by atomic mass is 10.1. The SMILES string of the molecule is CCn1ccnc1CN1CCC(CNC(=O)C=C(C)C)C1. The summed E-state index contributed by atoms with van der Waals surface area (Å²) >= 11 is 0. The van der Waals surface area contributed by atoms with Crippen molar-refractivity contribution < 1.29 is 4.79 Å². The van der Waals surface area contributed by atoms with E-state index in [1.807, 2.05) is 26.2 Å². The highest BCUT2D eigenvalue weighted by atomic mass is 16.1. The number of aryl methyl sites for hydroxylation is 1. The Balaban J connectivity index is 1.76. The van der Waals surface area contributed by atoms with Gasteiger partial charge in [-0.1, -0.05) is 5.57 Å². The van der Waals surface area contributed by atoms with Crippen LogP contribution in [0.5, 0.6) is 0 Å². The lowest BCUT2D eigenvalue weighted by Crippen LogP contribution is -2.30. The van der Waals surface area contributed by atoms with Crippen molar-refractivity contribution in [2.24, 2.45) is 5.92 Å². The molecule has 1 aromatic heterocycles. The van der Waals surface area contributed by atoms with E-state index in [9.17, 15) is 4.79 Å². The average Bonchev–Trinajstić information content (AvgIpc) is 3.05. The molecular weight excluding hydrogens is 264 g/mol. The number of allylic oxidation sites excluding steroid dienone is 1. The highest BCUT2D eigenvalue weighted by molar-refractivity contribution is 5.87. The molecule has 5 nitrogen and oxygen atoms in total.